The molecule has 0 aliphatic carbocycles. The molecular weight excluding hydrogens is 236 g/mol. The predicted octanol–water partition coefficient (Wildman–Crippen LogP) is 2.18. The molecule has 0 aliphatic rings. The summed E-state index contributed by atoms with van der Waals surface area (Å²) in [6, 6.07) is 0. The minimum atomic E-state index is -1.19. The molecule has 0 amide bonds. The van der Waals surface area contributed by atoms with Crippen molar-refractivity contribution >= 4 is 17.7 Å². The molecule has 1 N–H and O–H groups in total. The first-order valence-electron chi connectivity index (χ1n) is 6.33. The Bertz CT molecular complexity index is 298. The van der Waals surface area contributed by atoms with Crippen molar-refractivity contribution in [2.45, 2.75) is 59.0 Å². The first-order valence-corrected chi connectivity index (χ1v) is 6.33. The van der Waals surface area contributed by atoms with Gasteiger partial charge >= 0.3 is 11.9 Å². The Labute approximate surface area is 108 Å². The summed E-state index contributed by atoms with van der Waals surface area (Å²) < 4.78 is 4.67. The molecule has 0 unspecified atom stereocenters. The third-order valence-electron chi connectivity index (χ3n) is 2.71. The van der Waals surface area contributed by atoms with Crippen molar-refractivity contribution < 1.29 is 24.2 Å². The fourth-order valence-corrected chi connectivity index (χ4v) is 1.46. The van der Waals surface area contributed by atoms with E-state index in [9.17, 15) is 14.4 Å². The van der Waals surface area contributed by atoms with Gasteiger partial charge in [0.15, 0.2) is 6.10 Å². The number of carboxylic acids is 1. The molecule has 0 aromatic carbocycles. The van der Waals surface area contributed by atoms with Gasteiger partial charge in [0.25, 0.3) is 0 Å². The largest absolute Gasteiger partial charge is 0.479 e. The summed E-state index contributed by atoms with van der Waals surface area (Å²) in [6.07, 6.45) is 2.12. The molecule has 0 bridgehead atoms. The molecule has 0 spiro atoms. The van der Waals surface area contributed by atoms with Gasteiger partial charge in [-0.1, -0.05) is 26.7 Å². The van der Waals surface area contributed by atoms with Gasteiger partial charge in [-0.25, -0.2) is 4.79 Å². The molecule has 0 aliphatic heterocycles. The van der Waals surface area contributed by atoms with Crippen LogP contribution < -0.4 is 0 Å². The second-order valence-corrected chi connectivity index (χ2v) is 4.50. The Balaban J connectivity index is 3.99. The van der Waals surface area contributed by atoms with Crippen LogP contribution in [-0.4, -0.2) is 28.9 Å². The molecule has 5 nitrogen and oxygen atoms in total. The molecule has 0 rings (SSSR count). The molecule has 0 fully saturated rings. The van der Waals surface area contributed by atoms with Gasteiger partial charge < -0.3 is 9.84 Å². The highest BCUT2D eigenvalue weighted by molar-refractivity contribution is 5.85. The Morgan fingerprint density at radius 1 is 1.17 bits per heavy atom. The Kier molecular flexibility index (Phi) is 8.00. The normalized spacial score (nSPS) is 13.7. The van der Waals surface area contributed by atoms with E-state index in [4.69, 9.17) is 5.11 Å². The van der Waals surface area contributed by atoms with E-state index >= 15 is 0 Å². The van der Waals surface area contributed by atoms with Gasteiger partial charge in [0, 0.05) is 12.3 Å². The van der Waals surface area contributed by atoms with E-state index in [1.54, 1.807) is 6.92 Å². The zero-order valence-electron chi connectivity index (χ0n) is 11.3. The lowest BCUT2D eigenvalue weighted by Crippen LogP contribution is -2.25. The number of rotatable bonds is 9. The second-order valence-electron chi connectivity index (χ2n) is 4.50. The number of carbonyl (C=O) groups is 3. The molecule has 0 aromatic heterocycles. The zero-order chi connectivity index (χ0) is 14.1. The van der Waals surface area contributed by atoms with Crippen LogP contribution in [0.15, 0.2) is 0 Å². The summed E-state index contributed by atoms with van der Waals surface area (Å²) >= 11 is 0. The molecule has 0 saturated heterocycles. The van der Waals surface area contributed by atoms with Crippen LogP contribution >= 0.6 is 0 Å². The first kappa shape index (κ1) is 16.6. The van der Waals surface area contributed by atoms with Crippen LogP contribution in [0.4, 0.5) is 0 Å². The van der Waals surface area contributed by atoms with Crippen molar-refractivity contribution in [1.29, 1.82) is 0 Å². The average molecular weight is 258 g/mol. The van der Waals surface area contributed by atoms with Gasteiger partial charge in [-0.15, -0.1) is 0 Å². The minimum absolute atomic E-state index is 0.0309. The standard InChI is InChI=1S/C13H22O5/c1-4-5-6-7-11(14)9(2)8-12(15)18-10(3)13(16)17/h9-10H,4-8H2,1-3H3,(H,16,17)/t9-,10-/m0/s1. The summed E-state index contributed by atoms with van der Waals surface area (Å²) in [5.41, 5.74) is 0. The number of esters is 1. The topological polar surface area (TPSA) is 80.7 Å². The summed E-state index contributed by atoms with van der Waals surface area (Å²) in [5.74, 6) is -2.20. The van der Waals surface area contributed by atoms with Gasteiger partial charge in [-0.2, -0.15) is 0 Å². The fraction of sp³-hybridized carbons (Fsp3) is 0.769. The van der Waals surface area contributed by atoms with Crippen LogP contribution in [-0.2, 0) is 19.1 Å². The SMILES string of the molecule is CCCCCC(=O)[C@@H](C)CC(=O)O[C@@H](C)C(=O)O. The number of carbonyl (C=O) groups excluding carboxylic acids is 2. The lowest BCUT2D eigenvalue weighted by molar-refractivity contribution is -0.163. The van der Waals surface area contributed by atoms with E-state index in [2.05, 4.69) is 11.7 Å². The number of hydrogen-bond acceptors (Lipinski definition) is 4. The quantitative estimate of drug-likeness (QED) is 0.506. The van der Waals surface area contributed by atoms with Gasteiger partial charge in [-0.05, 0) is 13.3 Å². The molecule has 0 saturated carbocycles. The molecule has 104 valence electrons. The number of unbranched alkanes of at least 4 members (excludes halogenated alkanes) is 2. The molecular formula is C13H22O5. The van der Waals surface area contributed by atoms with Crippen molar-refractivity contribution in [2.75, 3.05) is 0 Å². The maximum absolute atomic E-state index is 11.6. The zero-order valence-corrected chi connectivity index (χ0v) is 11.3. The predicted molar refractivity (Wildman–Crippen MR) is 66.1 cm³/mol. The fourth-order valence-electron chi connectivity index (χ4n) is 1.46. The van der Waals surface area contributed by atoms with Crippen LogP contribution in [0.5, 0.6) is 0 Å². The lowest BCUT2D eigenvalue weighted by Gasteiger charge is -2.12. The third-order valence-corrected chi connectivity index (χ3v) is 2.71. The maximum atomic E-state index is 11.6. The van der Waals surface area contributed by atoms with Gasteiger partial charge in [0.2, 0.25) is 0 Å². The number of aliphatic carboxylic acids is 1. The summed E-state index contributed by atoms with van der Waals surface area (Å²) in [6.45, 7) is 5.01. The van der Waals surface area contributed by atoms with Crippen LogP contribution in [0, 0.1) is 5.92 Å². The molecule has 5 heteroatoms. The summed E-state index contributed by atoms with van der Waals surface area (Å²) in [7, 11) is 0. The smallest absolute Gasteiger partial charge is 0.344 e. The number of ether oxygens (including phenoxy) is 1. The number of hydrogen-bond donors (Lipinski definition) is 1. The first-order chi connectivity index (χ1) is 8.38. The molecule has 18 heavy (non-hydrogen) atoms. The Morgan fingerprint density at radius 2 is 1.78 bits per heavy atom. The van der Waals surface area contributed by atoms with Crippen LogP contribution in [0.1, 0.15) is 52.9 Å². The number of carboxylic acid groups (broad SMARTS) is 1. The highest BCUT2D eigenvalue weighted by Gasteiger charge is 2.21. The van der Waals surface area contributed by atoms with Crippen molar-refractivity contribution in [1.82, 2.24) is 0 Å². The third kappa shape index (κ3) is 7.04. The second kappa shape index (κ2) is 8.66. The summed E-state index contributed by atoms with van der Waals surface area (Å²) in [5, 5.41) is 8.57. The van der Waals surface area contributed by atoms with Crippen molar-refractivity contribution in [3.8, 4) is 0 Å². The van der Waals surface area contributed by atoms with Crippen LogP contribution in [0.25, 0.3) is 0 Å². The van der Waals surface area contributed by atoms with Crippen molar-refractivity contribution in [2.24, 2.45) is 5.92 Å². The van der Waals surface area contributed by atoms with Crippen LogP contribution in [0.2, 0.25) is 0 Å². The van der Waals surface area contributed by atoms with Gasteiger partial charge in [0.1, 0.15) is 5.78 Å². The lowest BCUT2D eigenvalue weighted by atomic mass is 9.98. The van der Waals surface area contributed by atoms with E-state index in [0.717, 1.165) is 19.3 Å². The summed E-state index contributed by atoms with van der Waals surface area (Å²) in [4.78, 5) is 33.5. The van der Waals surface area contributed by atoms with E-state index in [1.807, 2.05) is 0 Å². The van der Waals surface area contributed by atoms with Gasteiger partial charge in [-0.3, -0.25) is 9.59 Å². The molecule has 0 radical (unpaired) electrons. The van der Waals surface area contributed by atoms with Crippen molar-refractivity contribution in [3.63, 3.8) is 0 Å². The van der Waals surface area contributed by atoms with E-state index in [0.29, 0.717) is 6.42 Å². The Hall–Kier alpha value is -1.39. The highest BCUT2D eigenvalue weighted by atomic mass is 16.6. The Morgan fingerprint density at radius 3 is 2.28 bits per heavy atom. The van der Waals surface area contributed by atoms with Crippen LogP contribution in [0.3, 0.4) is 0 Å². The van der Waals surface area contributed by atoms with E-state index in [-0.39, 0.29) is 12.2 Å². The molecule has 2 atom stereocenters. The maximum Gasteiger partial charge on any atom is 0.344 e. The minimum Gasteiger partial charge on any atom is -0.479 e. The molecule has 0 aromatic rings. The van der Waals surface area contributed by atoms with E-state index in [1.165, 1.54) is 6.92 Å². The molecule has 0 heterocycles. The highest BCUT2D eigenvalue weighted by Crippen LogP contribution is 2.11. The monoisotopic (exact) mass is 258 g/mol. The number of ketones is 1. The van der Waals surface area contributed by atoms with E-state index < -0.39 is 24.0 Å². The number of Topliss-reactive ketones (excluding diaryl/α,β-unsaturated/α-hetero) is 1. The average Bonchev–Trinajstić information content (AvgIpc) is 2.28. The van der Waals surface area contributed by atoms with Gasteiger partial charge in [0.05, 0.1) is 6.42 Å². The van der Waals surface area contributed by atoms with Crippen molar-refractivity contribution in [3.05, 3.63) is 0 Å².